The van der Waals surface area contributed by atoms with E-state index in [0.29, 0.717) is 0 Å². The molecular formula is C17H18N4. The number of rotatable bonds is 5. The zero-order valence-corrected chi connectivity index (χ0v) is 12.0. The number of hydrogen-bond acceptors (Lipinski definition) is 3. The standard InChI is InChI=1S/C17H18N4/c1-14(16-3-2-8-18-12-16)20-11-15-4-6-17(7-5-15)21-10-9-19-13-21/h2-10,12-14,20H,11H2,1H3/t14-/m1/s1. The van der Waals surface area contributed by atoms with Crippen LogP contribution in [0.4, 0.5) is 0 Å². The lowest BCUT2D eigenvalue weighted by atomic mass is 10.1. The van der Waals surface area contributed by atoms with Gasteiger partial charge in [-0.25, -0.2) is 4.98 Å². The molecule has 1 atom stereocenters. The summed E-state index contributed by atoms with van der Waals surface area (Å²) in [4.78, 5) is 8.21. The molecule has 2 aromatic heterocycles. The summed E-state index contributed by atoms with van der Waals surface area (Å²) in [6.07, 6.45) is 9.23. The van der Waals surface area contributed by atoms with Crippen LogP contribution in [0.5, 0.6) is 0 Å². The first-order valence-corrected chi connectivity index (χ1v) is 7.03. The normalized spacial score (nSPS) is 12.2. The zero-order valence-electron chi connectivity index (χ0n) is 12.0. The molecule has 4 heteroatoms. The SMILES string of the molecule is C[C@@H](NCc1ccc(-n2ccnc2)cc1)c1cccnc1. The van der Waals surface area contributed by atoms with Gasteiger partial charge in [-0.15, -0.1) is 0 Å². The molecule has 2 heterocycles. The smallest absolute Gasteiger partial charge is 0.0991 e. The van der Waals surface area contributed by atoms with Gasteiger partial charge in [0.05, 0.1) is 6.33 Å². The molecule has 0 saturated heterocycles. The van der Waals surface area contributed by atoms with Gasteiger partial charge in [0.2, 0.25) is 0 Å². The van der Waals surface area contributed by atoms with Gasteiger partial charge in [0.25, 0.3) is 0 Å². The average Bonchev–Trinajstić information content (AvgIpc) is 3.08. The quantitative estimate of drug-likeness (QED) is 0.779. The van der Waals surface area contributed by atoms with E-state index in [9.17, 15) is 0 Å². The third kappa shape index (κ3) is 3.35. The summed E-state index contributed by atoms with van der Waals surface area (Å²) in [5, 5.41) is 3.51. The van der Waals surface area contributed by atoms with Gasteiger partial charge in [0.1, 0.15) is 0 Å². The molecule has 0 saturated carbocycles. The minimum absolute atomic E-state index is 0.284. The highest BCUT2D eigenvalue weighted by molar-refractivity contribution is 5.34. The van der Waals surface area contributed by atoms with Gasteiger partial charge in [-0.05, 0) is 36.2 Å². The van der Waals surface area contributed by atoms with Gasteiger partial charge >= 0.3 is 0 Å². The minimum atomic E-state index is 0.284. The van der Waals surface area contributed by atoms with Crippen LogP contribution >= 0.6 is 0 Å². The second kappa shape index (κ2) is 6.33. The maximum atomic E-state index is 4.15. The van der Waals surface area contributed by atoms with Crippen LogP contribution in [0.2, 0.25) is 0 Å². The van der Waals surface area contributed by atoms with Crippen LogP contribution in [0, 0.1) is 0 Å². The van der Waals surface area contributed by atoms with Crippen molar-refractivity contribution in [1.82, 2.24) is 19.9 Å². The minimum Gasteiger partial charge on any atom is -0.306 e. The molecule has 21 heavy (non-hydrogen) atoms. The van der Waals surface area contributed by atoms with Crippen molar-refractivity contribution < 1.29 is 0 Å². The van der Waals surface area contributed by atoms with Crippen molar-refractivity contribution in [3.8, 4) is 5.69 Å². The number of aromatic nitrogens is 3. The van der Waals surface area contributed by atoms with Crippen LogP contribution in [0.1, 0.15) is 24.1 Å². The van der Waals surface area contributed by atoms with E-state index in [1.165, 1.54) is 11.1 Å². The van der Waals surface area contributed by atoms with Crippen molar-refractivity contribution in [2.24, 2.45) is 0 Å². The molecule has 0 spiro atoms. The number of imidazole rings is 1. The average molecular weight is 278 g/mol. The van der Waals surface area contributed by atoms with Crippen LogP contribution in [-0.2, 0) is 6.54 Å². The van der Waals surface area contributed by atoms with E-state index in [1.807, 2.05) is 23.0 Å². The lowest BCUT2D eigenvalue weighted by molar-refractivity contribution is 0.573. The van der Waals surface area contributed by atoms with Gasteiger partial charge in [0.15, 0.2) is 0 Å². The van der Waals surface area contributed by atoms with Gasteiger partial charge in [-0.2, -0.15) is 0 Å². The Bertz CT molecular complexity index is 660. The van der Waals surface area contributed by atoms with Crippen LogP contribution < -0.4 is 5.32 Å². The molecule has 106 valence electrons. The van der Waals surface area contributed by atoms with Crippen molar-refractivity contribution in [1.29, 1.82) is 0 Å². The Hall–Kier alpha value is -2.46. The van der Waals surface area contributed by atoms with Crippen molar-refractivity contribution in [3.05, 3.63) is 78.6 Å². The zero-order chi connectivity index (χ0) is 14.5. The molecule has 0 unspecified atom stereocenters. The summed E-state index contributed by atoms with van der Waals surface area (Å²) < 4.78 is 2.00. The Morgan fingerprint density at radius 1 is 1.10 bits per heavy atom. The lowest BCUT2D eigenvalue weighted by Crippen LogP contribution is -2.18. The molecule has 0 fully saturated rings. The summed E-state index contributed by atoms with van der Waals surface area (Å²) in [6, 6.07) is 12.8. The Kier molecular flexibility index (Phi) is 4.07. The van der Waals surface area contributed by atoms with Crippen LogP contribution in [0.3, 0.4) is 0 Å². The molecule has 3 rings (SSSR count). The van der Waals surface area contributed by atoms with Crippen molar-refractivity contribution in [3.63, 3.8) is 0 Å². The predicted molar refractivity (Wildman–Crippen MR) is 83.1 cm³/mol. The molecule has 0 aliphatic rings. The summed E-state index contributed by atoms with van der Waals surface area (Å²) in [5.74, 6) is 0. The van der Waals surface area contributed by atoms with E-state index in [-0.39, 0.29) is 6.04 Å². The first kappa shape index (κ1) is 13.5. The summed E-state index contributed by atoms with van der Waals surface area (Å²) in [6.45, 7) is 2.98. The Morgan fingerprint density at radius 3 is 2.62 bits per heavy atom. The molecule has 3 aromatic rings. The number of nitrogens with zero attached hydrogens (tertiary/aromatic N) is 3. The van der Waals surface area contributed by atoms with Crippen LogP contribution in [0.25, 0.3) is 5.69 Å². The van der Waals surface area contributed by atoms with Crippen molar-refractivity contribution in [2.75, 3.05) is 0 Å². The predicted octanol–water partition coefficient (Wildman–Crippen LogP) is 3.12. The molecule has 0 amide bonds. The molecular weight excluding hydrogens is 260 g/mol. The molecule has 0 radical (unpaired) electrons. The number of pyridine rings is 1. The van der Waals surface area contributed by atoms with Crippen molar-refractivity contribution in [2.45, 2.75) is 19.5 Å². The maximum absolute atomic E-state index is 4.15. The fraction of sp³-hybridized carbons (Fsp3) is 0.176. The van der Waals surface area contributed by atoms with Gasteiger partial charge < -0.3 is 9.88 Å². The van der Waals surface area contributed by atoms with Crippen LogP contribution in [0.15, 0.2) is 67.5 Å². The Labute approximate surface area is 124 Å². The van der Waals surface area contributed by atoms with Gasteiger partial charge in [-0.3, -0.25) is 4.98 Å². The summed E-state index contributed by atoms with van der Waals surface area (Å²) in [5.41, 5.74) is 3.58. The van der Waals surface area contributed by atoms with Gasteiger partial charge in [-0.1, -0.05) is 18.2 Å². The Balaban J connectivity index is 1.61. The van der Waals surface area contributed by atoms with E-state index in [0.717, 1.165) is 12.2 Å². The fourth-order valence-electron chi connectivity index (χ4n) is 2.22. The molecule has 0 bridgehead atoms. The van der Waals surface area contributed by atoms with Gasteiger partial charge in [0, 0.05) is 43.1 Å². The molecule has 1 aromatic carbocycles. The van der Waals surface area contributed by atoms with E-state index >= 15 is 0 Å². The monoisotopic (exact) mass is 278 g/mol. The molecule has 4 nitrogen and oxygen atoms in total. The molecule has 1 N–H and O–H groups in total. The second-order valence-electron chi connectivity index (χ2n) is 5.03. The fourth-order valence-corrected chi connectivity index (χ4v) is 2.22. The summed E-state index contributed by atoms with van der Waals surface area (Å²) in [7, 11) is 0. The highest BCUT2D eigenvalue weighted by Crippen LogP contribution is 2.13. The molecule has 0 aliphatic carbocycles. The number of benzene rings is 1. The highest BCUT2D eigenvalue weighted by atomic mass is 15.0. The third-order valence-corrected chi connectivity index (χ3v) is 3.54. The highest BCUT2D eigenvalue weighted by Gasteiger charge is 2.04. The van der Waals surface area contributed by atoms with E-state index < -0.39 is 0 Å². The Morgan fingerprint density at radius 2 is 1.95 bits per heavy atom. The second-order valence-corrected chi connectivity index (χ2v) is 5.03. The van der Waals surface area contributed by atoms with Crippen LogP contribution in [-0.4, -0.2) is 14.5 Å². The number of hydrogen-bond donors (Lipinski definition) is 1. The summed E-state index contributed by atoms with van der Waals surface area (Å²) >= 11 is 0. The lowest BCUT2D eigenvalue weighted by Gasteiger charge is -2.14. The van der Waals surface area contributed by atoms with Crippen molar-refractivity contribution >= 4 is 0 Å². The topological polar surface area (TPSA) is 42.7 Å². The van der Waals surface area contributed by atoms with E-state index in [1.54, 1.807) is 18.7 Å². The largest absolute Gasteiger partial charge is 0.306 e. The van der Waals surface area contributed by atoms with E-state index in [2.05, 4.69) is 52.5 Å². The first-order chi connectivity index (χ1) is 10.3. The maximum Gasteiger partial charge on any atom is 0.0991 e. The van der Waals surface area contributed by atoms with E-state index in [4.69, 9.17) is 0 Å². The third-order valence-electron chi connectivity index (χ3n) is 3.54. The molecule has 0 aliphatic heterocycles. The first-order valence-electron chi connectivity index (χ1n) is 7.03. The number of nitrogens with one attached hydrogen (secondary N) is 1.